The van der Waals surface area contributed by atoms with Gasteiger partial charge in [-0.2, -0.15) is 0 Å². The Morgan fingerprint density at radius 3 is 2.66 bits per heavy atom. The topological polar surface area (TPSA) is 75.7 Å². The fraction of sp³-hybridized carbons (Fsp3) is 0.286. The van der Waals surface area contributed by atoms with Crippen LogP contribution in [0.4, 0.5) is 11.4 Å². The molecule has 0 unspecified atom stereocenters. The Balaban J connectivity index is 1.99. The highest BCUT2D eigenvalue weighted by atomic mass is 35.5. The molecule has 8 heteroatoms. The van der Waals surface area contributed by atoms with Gasteiger partial charge in [-0.1, -0.05) is 23.7 Å². The van der Waals surface area contributed by atoms with Crippen molar-refractivity contribution in [1.82, 2.24) is 0 Å². The quantitative estimate of drug-likeness (QED) is 0.708. The molecule has 0 saturated carbocycles. The van der Waals surface area contributed by atoms with E-state index in [1.54, 1.807) is 42.2 Å². The van der Waals surface area contributed by atoms with Crippen molar-refractivity contribution < 1.29 is 17.9 Å². The third kappa shape index (κ3) is 4.26. The lowest BCUT2D eigenvalue weighted by atomic mass is 9.93. The minimum absolute atomic E-state index is 0.0550. The fourth-order valence-electron chi connectivity index (χ4n) is 2.97. The zero-order valence-electron chi connectivity index (χ0n) is 16.5. The first-order valence-electron chi connectivity index (χ1n) is 9.04. The van der Waals surface area contributed by atoms with Crippen LogP contribution in [0.15, 0.2) is 53.9 Å². The fourth-order valence-corrected chi connectivity index (χ4v) is 4.29. The lowest BCUT2D eigenvalue weighted by Gasteiger charge is -2.27. The van der Waals surface area contributed by atoms with Gasteiger partial charge >= 0.3 is 0 Å². The van der Waals surface area contributed by atoms with Crippen LogP contribution in [0, 0.1) is 12.3 Å². The summed E-state index contributed by atoms with van der Waals surface area (Å²) in [5, 5.41) is 0.369. The average Bonchev–Trinajstić information content (AvgIpc) is 2.74. The van der Waals surface area contributed by atoms with Crippen LogP contribution in [0.5, 0.6) is 5.75 Å². The van der Waals surface area contributed by atoms with Crippen molar-refractivity contribution in [2.75, 3.05) is 22.8 Å². The molecule has 0 spiro atoms. The summed E-state index contributed by atoms with van der Waals surface area (Å²) in [6, 6.07) is 9.38. The first-order chi connectivity index (χ1) is 13.5. The summed E-state index contributed by atoms with van der Waals surface area (Å²) in [6.07, 6.45) is 1.62. The van der Waals surface area contributed by atoms with E-state index in [1.807, 2.05) is 13.8 Å². The average molecular weight is 435 g/mol. The van der Waals surface area contributed by atoms with Crippen molar-refractivity contribution in [1.29, 1.82) is 0 Å². The molecular formula is C21H23ClN2O4S. The van der Waals surface area contributed by atoms with Crippen molar-refractivity contribution in [2.24, 2.45) is 5.41 Å². The molecule has 0 radical (unpaired) electrons. The van der Waals surface area contributed by atoms with Crippen LogP contribution in [0.25, 0.3) is 0 Å². The van der Waals surface area contributed by atoms with Gasteiger partial charge in [-0.15, -0.1) is 6.58 Å². The molecule has 0 bridgehead atoms. The number of aryl methyl sites for hydroxylation is 1. The van der Waals surface area contributed by atoms with Crippen LogP contribution >= 0.6 is 11.6 Å². The first-order valence-corrected chi connectivity index (χ1v) is 10.9. The van der Waals surface area contributed by atoms with E-state index in [2.05, 4.69) is 11.3 Å². The Morgan fingerprint density at radius 2 is 2.00 bits per heavy atom. The molecule has 1 aliphatic rings. The smallest absolute Gasteiger partial charge is 0.261 e. The Labute approximate surface area is 176 Å². The number of halogens is 1. The van der Waals surface area contributed by atoms with E-state index in [0.29, 0.717) is 22.1 Å². The van der Waals surface area contributed by atoms with Crippen molar-refractivity contribution >= 4 is 38.9 Å². The van der Waals surface area contributed by atoms with Gasteiger partial charge in [-0.25, -0.2) is 8.42 Å². The largest absolute Gasteiger partial charge is 0.490 e. The van der Waals surface area contributed by atoms with Crippen LogP contribution in [-0.4, -0.2) is 27.5 Å². The van der Waals surface area contributed by atoms with Gasteiger partial charge in [0.25, 0.3) is 10.0 Å². The summed E-state index contributed by atoms with van der Waals surface area (Å²) in [6.45, 7) is 9.63. The Hall–Kier alpha value is -2.51. The van der Waals surface area contributed by atoms with Gasteiger partial charge in [0.05, 0.1) is 21.7 Å². The maximum Gasteiger partial charge on any atom is 0.261 e. The van der Waals surface area contributed by atoms with E-state index in [1.165, 1.54) is 12.1 Å². The highest BCUT2D eigenvalue weighted by molar-refractivity contribution is 7.92. The molecule has 1 aliphatic heterocycles. The van der Waals surface area contributed by atoms with Gasteiger partial charge in [0.15, 0.2) is 0 Å². The molecule has 0 atom stereocenters. The molecule has 6 nitrogen and oxygen atoms in total. The lowest BCUT2D eigenvalue weighted by molar-refractivity contribution is -0.127. The number of anilines is 2. The molecule has 2 aromatic carbocycles. The molecule has 2 aromatic rings. The summed E-state index contributed by atoms with van der Waals surface area (Å²) < 4.78 is 33.9. The van der Waals surface area contributed by atoms with Gasteiger partial charge in [-0.05, 0) is 56.7 Å². The zero-order chi connectivity index (χ0) is 21.4. The van der Waals surface area contributed by atoms with Crippen LogP contribution in [0.1, 0.15) is 19.4 Å². The summed E-state index contributed by atoms with van der Waals surface area (Å²) in [7, 11) is -3.85. The number of carbonyl (C=O) groups excluding carboxylic acids is 1. The monoisotopic (exact) mass is 434 g/mol. The van der Waals surface area contributed by atoms with Crippen LogP contribution in [0.2, 0.25) is 5.02 Å². The molecule has 0 fully saturated rings. The SMILES string of the molecule is C=CCN1C(=O)C(C)(C)COc2ccc(NS(=O)(=O)c3ccc(C)c(Cl)c3)cc21. The molecule has 1 heterocycles. The standard InChI is InChI=1S/C21H23ClN2O4S/c1-5-10-24-18-11-15(7-9-19(18)28-13-21(3,4)20(24)25)23-29(26,27)16-8-6-14(2)17(22)12-16/h5-9,11-12,23H,1,10,13H2,2-4H3. The number of fused-ring (bicyclic) bond motifs is 1. The van der Waals surface area contributed by atoms with Crippen molar-refractivity contribution in [2.45, 2.75) is 25.7 Å². The number of hydrogen-bond acceptors (Lipinski definition) is 4. The Kier molecular flexibility index (Phi) is 5.65. The van der Waals surface area contributed by atoms with Gasteiger partial charge in [-0.3, -0.25) is 9.52 Å². The molecule has 3 rings (SSSR count). The number of sulfonamides is 1. The molecule has 29 heavy (non-hydrogen) atoms. The van der Waals surface area contributed by atoms with E-state index >= 15 is 0 Å². The van der Waals surface area contributed by atoms with Crippen molar-refractivity contribution in [3.63, 3.8) is 0 Å². The summed E-state index contributed by atoms with van der Waals surface area (Å²) in [5.41, 5.74) is 0.864. The molecule has 0 aliphatic carbocycles. The lowest BCUT2D eigenvalue weighted by Crippen LogP contribution is -2.42. The van der Waals surface area contributed by atoms with E-state index in [-0.39, 0.29) is 24.0 Å². The Morgan fingerprint density at radius 1 is 1.28 bits per heavy atom. The second-order valence-corrected chi connectivity index (χ2v) is 9.67. The maximum atomic E-state index is 13.0. The summed E-state index contributed by atoms with van der Waals surface area (Å²) in [5.74, 6) is 0.383. The Bertz CT molecular complexity index is 1080. The predicted molar refractivity (Wildman–Crippen MR) is 115 cm³/mol. The number of nitrogens with one attached hydrogen (secondary N) is 1. The van der Waals surface area contributed by atoms with Crippen molar-refractivity contribution in [3.05, 3.63) is 59.6 Å². The number of hydrogen-bond donors (Lipinski definition) is 1. The number of carbonyl (C=O) groups is 1. The van der Waals surface area contributed by atoms with Crippen LogP contribution in [-0.2, 0) is 14.8 Å². The maximum absolute atomic E-state index is 13.0. The van der Waals surface area contributed by atoms with Gasteiger partial charge in [0.2, 0.25) is 5.91 Å². The van der Waals surface area contributed by atoms with Crippen molar-refractivity contribution in [3.8, 4) is 5.75 Å². The molecule has 1 amide bonds. The third-order valence-corrected chi connectivity index (χ3v) is 6.47. The normalized spacial score (nSPS) is 15.9. The molecule has 0 aromatic heterocycles. The molecule has 1 N–H and O–H groups in total. The van der Waals surface area contributed by atoms with E-state index in [4.69, 9.17) is 16.3 Å². The summed E-state index contributed by atoms with van der Waals surface area (Å²) in [4.78, 5) is 14.6. The van der Waals surface area contributed by atoms with Crippen LogP contribution in [0.3, 0.4) is 0 Å². The first kappa shape index (κ1) is 21.2. The van der Waals surface area contributed by atoms with Crippen LogP contribution < -0.4 is 14.4 Å². The minimum Gasteiger partial charge on any atom is -0.490 e. The summed E-state index contributed by atoms with van der Waals surface area (Å²) >= 11 is 6.07. The highest BCUT2D eigenvalue weighted by Crippen LogP contribution is 2.38. The van der Waals surface area contributed by atoms with Gasteiger partial charge in [0, 0.05) is 11.6 Å². The minimum atomic E-state index is -3.85. The van der Waals surface area contributed by atoms with E-state index in [9.17, 15) is 13.2 Å². The predicted octanol–water partition coefficient (Wildman–Crippen LogP) is 4.39. The zero-order valence-corrected chi connectivity index (χ0v) is 18.1. The number of rotatable bonds is 5. The molecular weight excluding hydrogens is 412 g/mol. The third-order valence-electron chi connectivity index (χ3n) is 4.68. The number of benzene rings is 2. The number of nitrogens with zero attached hydrogens (tertiary/aromatic N) is 1. The van der Waals surface area contributed by atoms with E-state index in [0.717, 1.165) is 5.56 Å². The molecule has 0 saturated heterocycles. The second-order valence-electron chi connectivity index (χ2n) is 7.58. The highest BCUT2D eigenvalue weighted by Gasteiger charge is 2.37. The van der Waals surface area contributed by atoms with Gasteiger partial charge < -0.3 is 9.64 Å². The van der Waals surface area contributed by atoms with E-state index < -0.39 is 15.4 Å². The van der Waals surface area contributed by atoms with Gasteiger partial charge in [0.1, 0.15) is 12.4 Å². The number of ether oxygens (including phenoxy) is 1. The second kappa shape index (κ2) is 7.72. The molecule has 154 valence electrons. The number of amides is 1.